The molecule has 2 N–H and O–H groups in total. The lowest BCUT2D eigenvalue weighted by Crippen LogP contribution is -2.46. The van der Waals surface area contributed by atoms with Crippen LogP contribution in [0.4, 0.5) is 0 Å². The first-order valence-electron chi connectivity index (χ1n) is 6.13. The number of nitrogens with two attached hydrogens (primary N) is 1. The predicted octanol–water partition coefficient (Wildman–Crippen LogP) is 0.410. The van der Waals surface area contributed by atoms with Gasteiger partial charge in [0.05, 0.1) is 11.9 Å². The van der Waals surface area contributed by atoms with Crippen molar-refractivity contribution >= 4 is 10.0 Å². The lowest BCUT2D eigenvalue weighted by Gasteiger charge is -2.34. The van der Waals surface area contributed by atoms with Crippen LogP contribution < -0.4 is 5.73 Å². The molecule has 0 spiro atoms. The summed E-state index contributed by atoms with van der Waals surface area (Å²) in [6, 6.07) is 0.149. The number of hydrogen-bond acceptors (Lipinski definition) is 4. The molecule has 1 aliphatic heterocycles. The quantitative estimate of drug-likeness (QED) is 0.780. The molecule has 1 heterocycles. The maximum Gasteiger partial charge on any atom is 0.218 e. The van der Waals surface area contributed by atoms with Crippen molar-refractivity contribution in [3.63, 3.8) is 0 Å². The summed E-state index contributed by atoms with van der Waals surface area (Å²) in [6.45, 7) is 5.10. The largest absolute Gasteiger partial charge is 0.383 e. The van der Waals surface area contributed by atoms with Crippen molar-refractivity contribution in [3.8, 4) is 0 Å². The van der Waals surface area contributed by atoms with Gasteiger partial charge < -0.3 is 10.5 Å². The Kier molecular flexibility index (Phi) is 5.37. The molecule has 5 nitrogen and oxygen atoms in total. The van der Waals surface area contributed by atoms with Crippen molar-refractivity contribution in [1.82, 2.24) is 4.31 Å². The Balaban J connectivity index is 2.58. The van der Waals surface area contributed by atoms with E-state index in [1.165, 1.54) is 7.11 Å². The molecule has 6 heteroatoms. The van der Waals surface area contributed by atoms with Crippen LogP contribution in [0.25, 0.3) is 0 Å². The van der Waals surface area contributed by atoms with Crippen LogP contribution in [0.5, 0.6) is 0 Å². The Bertz CT molecular complexity index is 322. The maximum absolute atomic E-state index is 12.2. The topological polar surface area (TPSA) is 72.6 Å². The molecule has 0 aromatic rings. The van der Waals surface area contributed by atoms with Gasteiger partial charge >= 0.3 is 0 Å². The summed E-state index contributed by atoms with van der Waals surface area (Å²) in [5, 5.41) is -0.473. The highest BCUT2D eigenvalue weighted by Crippen LogP contribution is 2.23. The minimum absolute atomic E-state index is 0.149. The Morgan fingerprint density at radius 2 is 1.88 bits per heavy atom. The third-order valence-corrected chi connectivity index (χ3v) is 5.75. The maximum atomic E-state index is 12.2. The monoisotopic (exact) mass is 264 g/mol. The van der Waals surface area contributed by atoms with Gasteiger partial charge in [-0.05, 0) is 32.6 Å². The van der Waals surface area contributed by atoms with Crippen LogP contribution in [-0.2, 0) is 14.8 Å². The van der Waals surface area contributed by atoms with E-state index in [0.717, 1.165) is 12.8 Å². The van der Waals surface area contributed by atoms with Crippen molar-refractivity contribution in [3.05, 3.63) is 0 Å². The van der Waals surface area contributed by atoms with Gasteiger partial charge in [0.15, 0.2) is 0 Å². The average molecular weight is 264 g/mol. The van der Waals surface area contributed by atoms with E-state index in [4.69, 9.17) is 10.5 Å². The molecule has 1 saturated heterocycles. The first kappa shape index (κ1) is 14.9. The molecule has 0 amide bonds. The standard InChI is InChI=1S/C11H24N2O3S/c1-9(8-16-3)17(14,15)13-6-4-11(5-7-13)10(2)12/h9-11H,4-8,12H2,1-3H3. The second-order valence-electron chi connectivity index (χ2n) is 4.91. The summed E-state index contributed by atoms with van der Waals surface area (Å²) in [7, 11) is -1.68. The number of rotatable bonds is 5. The van der Waals surface area contributed by atoms with Crippen LogP contribution in [-0.4, -0.2) is 50.8 Å². The first-order valence-corrected chi connectivity index (χ1v) is 7.63. The fourth-order valence-electron chi connectivity index (χ4n) is 2.23. The molecule has 0 saturated carbocycles. The Hall–Kier alpha value is -0.170. The summed E-state index contributed by atoms with van der Waals surface area (Å²) in [5.41, 5.74) is 5.84. The van der Waals surface area contributed by atoms with Crippen LogP contribution in [0, 0.1) is 5.92 Å². The Morgan fingerprint density at radius 3 is 2.29 bits per heavy atom. The molecule has 17 heavy (non-hydrogen) atoms. The van der Waals surface area contributed by atoms with Gasteiger partial charge in [0.2, 0.25) is 10.0 Å². The van der Waals surface area contributed by atoms with E-state index in [2.05, 4.69) is 0 Å². The summed E-state index contributed by atoms with van der Waals surface area (Å²) in [4.78, 5) is 0. The summed E-state index contributed by atoms with van der Waals surface area (Å²) >= 11 is 0. The third kappa shape index (κ3) is 3.64. The second-order valence-corrected chi connectivity index (χ2v) is 7.26. The molecule has 1 fully saturated rings. The smallest absolute Gasteiger partial charge is 0.218 e. The second kappa shape index (κ2) is 6.13. The minimum atomic E-state index is -3.21. The Labute approximate surface area is 104 Å². The van der Waals surface area contributed by atoms with Gasteiger partial charge in [-0.3, -0.25) is 0 Å². The van der Waals surface area contributed by atoms with Gasteiger partial charge in [-0.25, -0.2) is 12.7 Å². The zero-order chi connectivity index (χ0) is 13.1. The normalized spacial score (nSPS) is 23.5. The molecule has 1 rings (SSSR count). The highest BCUT2D eigenvalue weighted by Gasteiger charge is 2.32. The number of methoxy groups -OCH3 is 1. The van der Waals surface area contributed by atoms with Gasteiger partial charge in [-0.1, -0.05) is 0 Å². The fourth-order valence-corrected chi connectivity index (χ4v) is 3.77. The number of hydrogen-bond donors (Lipinski definition) is 1. The molecule has 0 bridgehead atoms. The van der Waals surface area contributed by atoms with E-state index in [9.17, 15) is 8.42 Å². The molecule has 102 valence electrons. The summed E-state index contributed by atoms with van der Waals surface area (Å²) in [6.07, 6.45) is 1.72. The third-order valence-electron chi connectivity index (χ3n) is 3.51. The first-order chi connectivity index (χ1) is 7.89. The molecule has 0 aliphatic carbocycles. The van der Waals surface area contributed by atoms with E-state index >= 15 is 0 Å². The van der Waals surface area contributed by atoms with E-state index in [-0.39, 0.29) is 12.6 Å². The van der Waals surface area contributed by atoms with Crippen molar-refractivity contribution in [1.29, 1.82) is 0 Å². The zero-order valence-corrected chi connectivity index (χ0v) is 11.7. The van der Waals surface area contributed by atoms with E-state index in [1.54, 1.807) is 11.2 Å². The SMILES string of the molecule is COCC(C)S(=O)(=O)N1CCC(C(C)N)CC1. The van der Waals surface area contributed by atoms with Gasteiger partial charge in [0.25, 0.3) is 0 Å². The Morgan fingerprint density at radius 1 is 1.35 bits per heavy atom. The molecule has 0 aromatic heterocycles. The van der Waals surface area contributed by atoms with E-state index in [1.807, 2.05) is 6.92 Å². The number of ether oxygens (including phenoxy) is 1. The van der Waals surface area contributed by atoms with E-state index < -0.39 is 15.3 Å². The molecule has 2 unspecified atom stereocenters. The highest BCUT2D eigenvalue weighted by atomic mass is 32.2. The lowest BCUT2D eigenvalue weighted by atomic mass is 9.92. The van der Waals surface area contributed by atoms with Crippen molar-refractivity contribution in [2.24, 2.45) is 11.7 Å². The minimum Gasteiger partial charge on any atom is -0.383 e. The summed E-state index contributed by atoms with van der Waals surface area (Å²) in [5.74, 6) is 0.444. The van der Waals surface area contributed by atoms with E-state index in [0.29, 0.717) is 19.0 Å². The molecule has 1 aliphatic rings. The van der Waals surface area contributed by atoms with Crippen molar-refractivity contribution < 1.29 is 13.2 Å². The molecule has 0 radical (unpaired) electrons. The van der Waals surface area contributed by atoms with Crippen LogP contribution in [0.2, 0.25) is 0 Å². The molecule has 2 atom stereocenters. The lowest BCUT2D eigenvalue weighted by molar-refractivity contribution is 0.194. The zero-order valence-electron chi connectivity index (χ0n) is 10.9. The van der Waals surface area contributed by atoms with Crippen molar-refractivity contribution in [2.45, 2.75) is 38.0 Å². The molecule has 0 aromatic carbocycles. The van der Waals surface area contributed by atoms with Crippen LogP contribution >= 0.6 is 0 Å². The average Bonchev–Trinajstić information content (AvgIpc) is 2.29. The van der Waals surface area contributed by atoms with Crippen molar-refractivity contribution in [2.75, 3.05) is 26.8 Å². The predicted molar refractivity (Wildman–Crippen MR) is 68.2 cm³/mol. The van der Waals surface area contributed by atoms with Gasteiger partial charge in [-0.15, -0.1) is 0 Å². The summed E-state index contributed by atoms with van der Waals surface area (Å²) < 4.78 is 30.8. The van der Waals surface area contributed by atoms with Crippen LogP contribution in [0.15, 0.2) is 0 Å². The number of nitrogens with zero attached hydrogens (tertiary/aromatic N) is 1. The fraction of sp³-hybridized carbons (Fsp3) is 1.00. The molecular weight excluding hydrogens is 240 g/mol. The molecular formula is C11H24N2O3S. The van der Waals surface area contributed by atoms with Gasteiger partial charge in [0, 0.05) is 26.2 Å². The number of piperidine rings is 1. The highest BCUT2D eigenvalue weighted by molar-refractivity contribution is 7.89. The van der Waals surface area contributed by atoms with Crippen LogP contribution in [0.3, 0.4) is 0 Å². The van der Waals surface area contributed by atoms with Crippen LogP contribution in [0.1, 0.15) is 26.7 Å². The van der Waals surface area contributed by atoms with Gasteiger partial charge in [0.1, 0.15) is 0 Å². The van der Waals surface area contributed by atoms with Gasteiger partial charge in [-0.2, -0.15) is 0 Å². The number of sulfonamides is 1.